The molecule has 0 aromatic heterocycles. The molecule has 1 aromatic rings. The van der Waals surface area contributed by atoms with Crippen molar-refractivity contribution in [2.75, 3.05) is 13.2 Å². The first-order valence-electron chi connectivity index (χ1n) is 6.92. The Morgan fingerprint density at radius 3 is 2.70 bits per heavy atom. The molecule has 2 atom stereocenters. The van der Waals surface area contributed by atoms with E-state index < -0.39 is 11.8 Å². The molecule has 5 heteroatoms. The standard InChI is InChI=1S/C15H20N2O3/c1-11(12-6-3-2-4-7-12)17-15(19)14(18)16-10-13-8-5-9-20-13/h2-4,6-7,11,13H,5,8-10H2,1H3,(H,16,18)(H,17,19)/t11-,13+/m1/s1. The monoisotopic (exact) mass is 276 g/mol. The van der Waals surface area contributed by atoms with E-state index in [1.165, 1.54) is 0 Å². The Hall–Kier alpha value is -1.88. The van der Waals surface area contributed by atoms with Crippen LogP contribution in [0.15, 0.2) is 30.3 Å². The molecule has 0 aliphatic carbocycles. The van der Waals surface area contributed by atoms with Crippen LogP contribution in [0.1, 0.15) is 31.4 Å². The highest BCUT2D eigenvalue weighted by molar-refractivity contribution is 6.35. The topological polar surface area (TPSA) is 67.4 Å². The SMILES string of the molecule is C[C@@H](NC(=O)C(=O)NC[C@@H]1CCCO1)c1ccccc1. The average Bonchev–Trinajstić information content (AvgIpc) is 2.98. The van der Waals surface area contributed by atoms with Gasteiger partial charge in [0.1, 0.15) is 0 Å². The predicted molar refractivity (Wildman–Crippen MR) is 75.0 cm³/mol. The van der Waals surface area contributed by atoms with Crippen molar-refractivity contribution in [3.8, 4) is 0 Å². The largest absolute Gasteiger partial charge is 0.376 e. The molecule has 5 nitrogen and oxygen atoms in total. The van der Waals surface area contributed by atoms with Gasteiger partial charge in [0.05, 0.1) is 12.1 Å². The van der Waals surface area contributed by atoms with Gasteiger partial charge in [0.2, 0.25) is 0 Å². The molecule has 0 radical (unpaired) electrons. The fourth-order valence-electron chi connectivity index (χ4n) is 2.18. The van der Waals surface area contributed by atoms with Crippen LogP contribution in [0.2, 0.25) is 0 Å². The van der Waals surface area contributed by atoms with Crippen LogP contribution < -0.4 is 10.6 Å². The Bertz CT molecular complexity index is 455. The average molecular weight is 276 g/mol. The van der Waals surface area contributed by atoms with Crippen molar-refractivity contribution >= 4 is 11.8 Å². The molecule has 1 aromatic carbocycles. The van der Waals surface area contributed by atoms with Gasteiger partial charge in [-0.3, -0.25) is 9.59 Å². The molecule has 0 bridgehead atoms. The number of benzene rings is 1. The molecular formula is C15H20N2O3. The summed E-state index contributed by atoms with van der Waals surface area (Å²) >= 11 is 0. The fraction of sp³-hybridized carbons (Fsp3) is 0.467. The van der Waals surface area contributed by atoms with E-state index in [2.05, 4.69) is 10.6 Å². The van der Waals surface area contributed by atoms with Crippen molar-refractivity contribution in [1.29, 1.82) is 0 Å². The molecule has 1 saturated heterocycles. The van der Waals surface area contributed by atoms with Gasteiger partial charge < -0.3 is 15.4 Å². The van der Waals surface area contributed by atoms with E-state index in [9.17, 15) is 9.59 Å². The maximum Gasteiger partial charge on any atom is 0.309 e. The van der Waals surface area contributed by atoms with Crippen molar-refractivity contribution in [3.05, 3.63) is 35.9 Å². The van der Waals surface area contributed by atoms with Crippen LogP contribution in [0.4, 0.5) is 0 Å². The maximum atomic E-state index is 11.8. The number of amides is 2. The first kappa shape index (κ1) is 14.5. The summed E-state index contributed by atoms with van der Waals surface area (Å²) in [5.41, 5.74) is 0.966. The third-order valence-corrected chi connectivity index (χ3v) is 3.37. The Morgan fingerprint density at radius 1 is 1.30 bits per heavy atom. The normalized spacial score (nSPS) is 19.4. The second-order valence-electron chi connectivity index (χ2n) is 4.95. The minimum absolute atomic E-state index is 0.0401. The van der Waals surface area contributed by atoms with Gasteiger partial charge in [0.15, 0.2) is 0 Å². The Kier molecular flexibility index (Phi) is 5.12. The van der Waals surface area contributed by atoms with E-state index >= 15 is 0 Å². The van der Waals surface area contributed by atoms with Gasteiger partial charge in [-0.1, -0.05) is 30.3 Å². The summed E-state index contributed by atoms with van der Waals surface area (Å²) < 4.78 is 5.39. The molecule has 1 aliphatic heterocycles. The maximum absolute atomic E-state index is 11.8. The molecule has 0 spiro atoms. The van der Waals surface area contributed by atoms with Gasteiger partial charge in [0.25, 0.3) is 0 Å². The smallest absolute Gasteiger partial charge is 0.309 e. The highest BCUT2D eigenvalue weighted by Crippen LogP contribution is 2.11. The summed E-state index contributed by atoms with van der Waals surface area (Å²) in [6.07, 6.45) is 1.98. The molecule has 2 N–H and O–H groups in total. The van der Waals surface area contributed by atoms with Gasteiger partial charge in [-0.15, -0.1) is 0 Å². The van der Waals surface area contributed by atoms with Gasteiger partial charge in [-0.2, -0.15) is 0 Å². The first-order valence-corrected chi connectivity index (χ1v) is 6.92. The van der Waals surface area contributed by atoms with Crippen LogP contribution in [0.3, 0.4) is 0 Å². The molecule has 0 saturated carbocycles. The van der Waals surface area contributed by atoms with Crippen molar-refractivity contribution in [2.24, 2.45) is 0 Å². The first-order chi connectivity index (χ1) is 9.66. The Labute approximate surface area is 118 Å². The van der Waals surface area contributed by atoms with Crippen LogP contribution >= 0.6 is 0 Å². The minimum Gasteiger partial charge on any atom is -0.376 e. The number of rotatable bonds is 4. The Balaban J connectivity index is 1.77. The molecule has 1 fully saturated rings. The van der Waals surface area contributed by atoms with Crippen LogP contribution in [0, 0.1) is 0 Å². The number of carbonyl (C=O) groups is 2. The number of nitrogens with one attached hydrogen (secondary N) is 2. The quantitative estimate of drug-likeness (QED) is 0.811. The van der Waals surface area contributed by atoms with Gasteiger partial charge >= 0.3 is 11.8 Å². The second kappa shape index (κ2) is 7.05. The zero-order valence-corrected chi connectivity index (χ0v) is 11.6. The van der Waals surface area contributed by atoms with E-state index in [-0.39, 0.29) is 12.1 Å². The van der Waals surface area contributed by atoms with Crippen LogP contribution in [-0.4, -0.2) is 31.1 Å². The lowest BCUT2D eigenvalue weighted by Crippen LogP contribution is -2.43. The second-order valence-corrected chi connectivity index (χ2v) is 4.95. The number of carbonyl (C=O) groups excluding carboxylic acids is 2. The van der Waals surface area contributed by atoms with E-state index in [0.717, 1.165) is 25.0 Å². The lowest BCUT2D eigenvalue weighted by molar-refractivity contribution is -0.139. The van der Waals surface area contributed by atoms with Gasteiger partial charge in [-0.05, 0) is 25.3 Å². The summed E-state index contributed by atoms with van der Waals surface area (Å²) in [7, 11) is 0. The zero-order chi connectivity index (χ0) is 14.4. The lowest BCUT2D eigenvalue weighted by atomic mass is 10.1. The molecule has 20 heavy (non-hydrogen) atoms. The van der Waals surface area contributed by atoms with Crippen molar-refractivity contribution < 1.29 is 14.3 Å². The molecule has 108 valence electrons. The highest BCUT2D eigenvalue weighted by Gasteiger charge is 2.20. The van der Waals surface area contributed by atoms with Crippen LogP contribution in [0.25, 0.3) is 0 Å². The van der Waals surface area contributed by atoms with E-state index in [0.29, 0.717) is 6.54 Å². The summed E-state index contributed by atoms with van der Waals surface area (Å²) in [5, 5.41) is 5.28. The molecule has 2 amide bonds. The van der Waals surface area contributed by atoms with Gasteiger partial charge in [0, 0.05) is 13.2 Å². The van der Waals surface area contributed by atoms with Gasteiger partial charge in [-0.25, -0.2) is 0 Å². The van der Waals surface area contributed by atoms with E-state index in [1.807, 2.05) is 37.3 Å². The summed E-state index contributed by atoms with van der Waals surface area (Å²) in [6, 6.07) is 9.33. The van der Waals surface area contributed by atoms with E-state index in [4.69, 9.17) is 4.74 Å². The molecule has 2 rings (SSSR count). The molecule has 1 heterocycles. The van der Waals surface area contributed by atoms with Crippen molar-refractivity contribution in [2.45, 2.75) is 31.9 Å². The number of hydrogen-bond acceptors (Lipinski definition) is 3. The fourth-order valence-corrected chi connectivity index (χ4v) is 2.18. The predicted octanol–water partition coefficient (Wildman–Crippen LogP) is 1.16. The lowest BCUT2D eigenvalue weighted by Gasteiger charge is -2.15. The molecular weight excluding hydrogens is 256 g/mol. The zero-order valence-electron chi connectivity index (χ0n) is 11.6. The van der Waals surface area contributed by atoms with Crippen molar-refractivity contribution in [1.82, 2.24) is 10.6 Å². The summed E-state index contributed by atoms with van der Waals surface area (Å²) in [6.45, 7) is 2.98. The van der Waals surface area contributed by atoms with Crippen LogP contribution in [0.5, 0.6) is 0 Å². The summed E-state index contributed by atoms with van der Waals surface area (Å²) in [4.78, 5) is 23.5. The van der Waals surface area contributed by atoms with Crippen LogP contribution in [-0.2, 0) is 14.3 Å². The highest BCUT2D eigenvalue weighted by atomic mass is 16.5. The number of hydrogen-bond donors (Lipinski definition) is 2. The minimum atomic E-state index is -0.612. The van der Waals surface area contributed by atoms with Crippen molar-refractivity contribution in [3.63, 3.8) is 0 Å². The number of ether oxygens (including phenoxy) is 1. The summed E-state index contributed by atoms with van der Waals surface area (Å²) in [5.74, 6) is -1.22. The third kappa shape index (κ3) is 4.06. The molecule has 0 unspecified atom stereocenters. The van der Waals surface area contributed by atoms with E-state index in [1.54, 1.807) is 0 Å². The third-order valence-electron chi connectivity index (χ3n) is 3.37. The molecule has 1 aliphatic rings. The Morgan fingerprint density at radius 2 is 2.05 bits per heavy atom.